The molecule has 145 heavy (non-hydrogen) atoms. The summed E-state index contributed by atoms with van der Waals surface area (Å²) in [5.41, 5.74) is -5.18. The van der Waals surface area contributed by atoms with Gasteiger partial charge in [-0.3, -0.25) is 9.59 Å². The largest absolute Gasteiger partial charge is 0.506 e. The van der Waals surface area contributed by atoms with E-state index in [1.807, 2.05) is 6.92 Å². The molecule has 0 radical (unpaired) electrons. The Morgan fingerprint density at radius 2 is 0.566 bits per heavy atom. The van der Waals surface area contributed by atoms with E-state index in [1.165, 1.54) is 0 Å². The number of aliphatic hydroxyl groups is 31. The fourth-order valence-corrected chi connectivity index (χ4v) is 28.2. The lowest BCUT2D eigenvalue weighted by molar-refractivity contribution is -0.400. The van der Waals surface area contributed by atoms with Crippen molar-refractivity contribution in [1.29, 1.82) is 0 Å². The standard InChI is InChI=1S/C50H78O28.C44H70O23/c1-18-11-49-9-5-24-47(2,7-4-8-48(24,3)46(68)77-44-39(34(64)29(59)22(15-54)72-44)75-42-36(66)32(62)27(57)20(13-52)70-42)25(49)6-10-50(18,17-49)78-45-40(76-43-37(67)33(63)28(58)21(14-53)71-43)38(30(60)23(16-55)73-45)74-41-35(65)31(61)26(56)19(12-51)69-41;1-17-11-43-9-5-22-41(2,7-4-8-42(22,3)40(59)66-38-33(58)30(55)26(51)20(14-47)62-38)23(43)6-10-44(17,16-43)67-39-35(65-37-32(57)29(54)25(50)19(13-46)61-37)34(27(52)21(15-48)63-39)64-36-31(56)28(53)24(49)18(12-45)60-36/h19-21,23-28,30-45,51-67H,1,4-17H2,2-3H3;18-39,45-58H,1,4-16H2,2-3H3. The molecular weight excluding hydrogens is 1940 g/mol. The van der Waals surface area contributed by atoms with Crippen LogP contribution in [0.15, 0.2) is 35.8 Å². The van der Waals surface area contributed by atoms with Gasteiger partial charge in [0, 0.05) is 0 Å². The maximum Gasteiger partial charge on any atom is 0.315 e. The van der Waals surface area contributed by atoms with E-state index in [-0.39, 0.29) is 23.7 Å². The molecule has 55 unspecified atom stereocenters. The first kappa shape index (κ1) is 114. The van der Waals surface area contributed by atoms with Crippen LogP contribution in [-0.2, 0) is 94.9 Å². The zero-order chi connectivity index (χ0) is 105. The predicted octanol–water partition coefficient (Wildman–Crippen LogP) is -11.4. The van der Waals surface area contributed by atoms with Crippen molar-refractivity contribution < 1.29 is 253 Å². The first-order valence-electron chi connectivity index (χ1n) is 50.0. The van der Waals surface area contributed by atoms with E-state index in [0.29, 0.717) is 120 Å². The van der Waals surface area contributed by atoms with Gasteiger partial charge in [0.2, 0.25) is 6.29 Å². The monoisotopic (exact) mass is 2090 g/mol. The maximum atomic E-state index is 14.9. The molecule has 51 nitrogen and oxygen atoms in total. The van der Waals surface area contributed by atoms with E-state index in [0.717, 1.165) is 6.42 Å². The van der Waals surface area contributed by atoms with Crippen molar-refractivity contribution in [2.75, 3.05) is 59.5 Å². The minimum absolute atomic E-state index is 0.0251. The van der Waals surface area contributed by atoms with Crippen LogP contribution in [0, 0.1) is 56.2 Å². The van der Waals surface area contributed by atoms with Crippen molar-refractivity contribution in [2.24, 2.45) is 56.2 Å². The molecule has 0 amide bonds. The fourth-order valence-electron chi connectivity index (χ4n) is 28.2. The summed E-state index contributed by atoms with van der Waals surface area (Å²) in [6.45, 7) is 9.57. The summed E-state index contributed by atoms with van der Waals surface area (Å²) in [6, 6.07) is 0. The molecule has 8 saturated carbocycles. The van der Waals surface area contributed by atoms with Crippen LogP contribution in [0.2, 0.25) is 0 Å². The number of hydrogen-bond donors (Lipinski definition) is 31. The third-order valence-electron chi connectivity index (χ3n) is 36.0. The minimum Gasteiger partial charge on any atom is -0.506 e. The normalized spacial score (nSPS) is 53.5. The van der Waals surface area contributed by atoms with Crippen molar-refractivity contribution in [3.8, 4) is 0 Å². The Morgan fingerprint density at radius 1 is 0.303 bits per heavy atom. The van der Waals surface area contributed by atoms with Gasteiger partial charge in [-0.25, -0.2) is 0 Å². The van der Waals surface area contributed by atoms with Crippen molar-refractivity contribution in [2.45, 2.75) is 419 Å². The summed E-state index contributed by atoms with van der Waals surface area (Å²) < 4.78 is 108. The molecule has 0 aromatic carbocycles. The second kappa shape index (κ2) is 44.0. The van der Waals surface area contributed by atoms with Gasteiger partial charge in [-0.05, 0) is 173 Å². The lowest BCUT2D eigenvalue weighted by Crippen LogP contribution is -2.68. The first-order valence-corrected chi connectivity index (χ1v) is 50.0. The molecule has 17 aliphatic rings. The number of ether oxygens (including phenoxy) is 18. The molecule has 8 saturated heterocycles. The Kier molecular flexibility index (Phi) is 34.4. The van der Waals surface area contributed by atoms with E-state index in [4.69, 9.17) is 85.3 Å². The Morgan fingerprint density at radius 3 is 0.869 bits per heavy atom. The van der Waals surface area contributed by atoms with E-state index in [1.54, 1.807) is 6.92 Å². The van der Waals surface area contributed by atoms with Crippen LogP contribution in [0.4, 0.5) is 0 Å². The topological polar surface area (TPSA) is 827 Å². The molecule has 16 fully saturated rings. The van der Waals surface area contributed by atoms with Crippen LogP contribution in [0.3, 0.4) is 0 Å². The Balaban J connectivity index is 0.000000210. The van der Waals surface area contributed by atoms with E-state index in [2.05, 4.69) is 27.0 Å². The highest BCUT2D eigenvalue weighted by Gasteiger charge is 2.74. The molecular formula is C94H148O51. The lowest BCUT2D eigenvalue weighted by Gasteiger charge is -2.64. The molecule has 9 heterocycles. The van der Waals surface area contributed by atoms with Gasteiger partial charge in [0.25, 0.3) is 6.29 Å². The molecule has 2 spiro atoms. The van der Waals surface area contributed by atoms with Gasteiger partial charge in [0.05, 0.1) is 74.9 Å². The highest BCUT2D eigenvalue weighted by atomic mass is 16.8. The highest BCUT2D eigenvalue weighted by molar-refractivity contribution is 5.78. The minimum atomic E-state index is -2.03. The second-order valence-electron chi connectivity index (χ2n) is 44.1. The van der Waals surface area contributed by atoms with Gasteiger partial charge in [-0.1, -0.05) is 39.8 Å². The second-order valence-corrected chi connectivity index (χ2v) is 44.1. The van der Waals surface area contributed by atoms with E-state index < -0.39 is 391 Å². The van der Waals surface area contributed by atoms with Crippen LogP contribution >= 0.6 is 0 Å². The van der Waals surface area contributed by atoms with Crippen molar-refractivity contribution in [1.82, 2.24) is 0 Å². The van der Waals surface area contributed by atoms with Crippen LogP contribution in [0.1, 0.15) is 143 Å². The summed E-state index contributed by atoms with van der Waals surface area (Å²) in [4.78, 5) is 29.2. The average Bonchev–Trinajstić information content (AvgIpc) is 1.55. The smallest absolute Gasteiger partial charge is 0.315 e. The first-order chi connectivity index (χ1) is 68.5. The third kappa shape index (κ3) is 19.9. The molecule has 4 bridgehead atoms. The highest BCUT2D eigenvalue weighted by Crippen LogP contribution is 2.76. The fraction of sp³-hybridized carbons (Fsp3) is 0.915. The van der Waals surface area contributed by atoms with Gasteiger partial charge in [0.1, 0.15) is 208 Å². The number of fused-ring (bicyclic) bond motifs is 6. The molecule has 8 aliphatic carbocycles. The van der Waals surface area contributed by atoms with Crippen LogP contribution < -0.4 is 0 Å². The van der Waals surface area contributed by atoms with Crippen LogP contribution in [0.25, 0.3) is 0 Å². The molecule has 17 rings (SSSR count). The van der Waals surface area contributed by atoms with Gasteiger partial charge in [-0.2, -0.15) is 0 Å². The molecule has 0 aromatic rings. The summed E-state index contributed by atoms with van der Waals surface area (Å²) in [5.74, 6) is -3.40. The summed E-state index contributed by atoms with van der Waals surface area (Å²) in [6.07, 6.45) is -66.2. The van der Waals surface area contributed by atoms with Crippen molar-refractivity contribution in [3.05, 3.63) is 35.8 Å². The van der Waals surface area contributed by atoms with Crippen LogP contribution in [0.5, 0.6) is 0 Å². The van der Waals surface area contributed by atoms with Gasteiger partial charge in [-0.15, -0.1) is 0 Å². The zero-order valence-electron chi connectivity index (χ0n) is 80.7. The van der Waals surface area contributed by atoms with Gasteiger partial charge in [0.15, 0.2) is 61.7 Å². The predicted molar refractivity (Wildman–Crippen MR) is 471 cm³/mol. The van der Waals surface area contributed by atoms with Crippen LogP contribution in [-0.4, -0.2) is 505 Å². The molecule has 51 heteroatoms. The van der Waals surface area contributed by atoms with Gasteiger partial charge < -0.3 is 244 Å². The van der Waals surface area contributed by atoms with E-state index >= 15 is 0 Å². The quantitative estimate of drug-likeness (QED) is 0.0206. The Labute approximate surface area is 832 Å². The summed E-state index contributed by atoms with van der Waals surface area (Å²) in [7, 11) is 0. The number of carbonyl (C=O) groups excluding carboxylic acids is 2. The zero-order valence-corrected chi connectivity index (χ0v) is 80.7. The number of rotatable bonds is 27. The molecule has 9 aliphatic heterocycles. The third-order valence-corrected chi connectivity index (χ3v) is 36.0. The Bertz CT molecular complexity index is 4440. The summed E-state index contributed by atoms with van der Waals surface area (Å²) in [5, 5.41) is 328. The number of carbonyl (C=O) groups is 2. The number of aliphatic hydroxyl groups excluding tert-OH is 31. The van der Waals surface area contributed by atoms with Crippen molar-refractivity contribution >= 4 is 11.9 Å². The molecule has 0 aromatic heterocycles. The Hall–Kier alpha value is -4.04. The molecule has 55 atom stereocenters. The number of esters is 2. The molecule has 31 N–H and O–H groups in total. The van der Waals surface area contributed by atoms with Gasteiger partial charge >= 0.3 is 11.9 Å². The maximum absolute atomic E-state index is 14.9. The summed E-state index contributed by atoms with van der Waals surface area (Å²) >= 11 is 0. The SMILES string of the molecule is C=C1CC23CCC4C(C)(C(=O)OC5OC(CO)=C(O)C(O)C5OC5OC(CO)C(O)C(O)C5O)CCCC4(C)C2CCC1(OC1OC(CO)C(O)C(OC2OC(CO)C(O)C(O)C2O)C1OC1OC(CO)C(O)C(O)C1O)C3.C=C1CC23CCC4C(C)(C(=O)OC5OC(CO)C(O)C(O)C5O)CCCC4(C)C2CCC1(OC1OC(CO)C(O)C(OC2OC(CO)C(O)C(O)C2O)C1OC1OC(CO)C(O)C(O)C1O)C3. The number of hydrogen-bond acceptors (Lipinski definition) is 51. The van der Waals surface area contributed by atoms with E-state index in [9.17, 15) is 168 Å². The molecule has 830 valence electrons. The average molecular weight is 2090 g/mol. The van der Waals surface area contributed by atoms with Crippen molar-refractivity contribution in [3.63, 3.8) is 0 Å². The lowest BCUT2D eigenvalue weighted by atomic mass is 9.41.